The largest absolute Gasteiger partial charge is 0.417 e. The maximum absolute atomic E-state index is 13.3. The molecule has 0 radical (unpaired) electrons. The highest BCUT2D eigenvalue weighted by Crippen LogP contribution is 2.38. The van der Waals surface area contributed by atoms with Gasteiger partial charge in [0.1, 0.15) is 0 Å². The van der Waals surface area contributed by atoms with Crippen LogP contribution in [0.25, 0.3) is 0 Å². The van der Waals surface area contributed by atoms with Crippen molar-refractivity contribution in [2.75, 3.05) is 56.2 Å². The zero-order chi connectivity index (χ0) is 30.1. The van der Waals surface area contributed by atoms with Crippen LogP contribution in [0.4, 0.5) is 37.8 Å². The number of anilines is 2. The number of nitrogens with zero attached hydrogens (tertiary/aromatic N) is 4. The highest BCUT2D eigenvalue weighted by Gasteiger charge is 2.51. The van der Waals surface area contributed by atoms with Crippen molar-refractivity contribution in [3.8, 4) is 0 Å². The lowest BCUT2D eigenvalue weighted by Gasteiger charge is -2.41. The average Bonchev–Trinajstić information content (AvgIpc) is 2.98. The molecule has 3 N–H and O–H groups in total. The van der Waals surface area contributed by atoms with Crippen molar-refractivity contribution in [1.82, 2.24) is 26.1 Å². The van der Waals surface area contributed by atoms with Crippen molar-refractivity contribution in [2.45, 2.75) is 50.2 Å². The van der Waals surface area contributed by atoms with E-state index in [4.69, 9.17) is 4.74 Å². The molecule has 4 heterocycles. The maximum Gasteiger partial charge on any atom is 0.417 e. The number of rotatable bonds is 7. The molecule has 41 heavy (non-hydrogen) atoms. The summed E-state index contributed by atoms with van der Waals surface area (Å²) in [6, 6.07) is -1.33. The van der Waals surface area contributed by atoms with Crippen molar-refractivity contribution in [3.05, 3.63) is 17.8 Å². The number of nitrogens with one attached hydrogen (secondary N) is 3. The highest BCUT2D eigenvalue weighted by molar-refractivity contribution is 5.98. The molecule has 4 rings (SSSR count). The monoisotopic (exact) mass is 595 g/mol. The molecule has 0 saturated carbocycles. The van der Waals surface area contributed by atoms with E-state index in [0.29, 0.717) is 0 Å². The van der Waals surface area contributed by atoms with Gasteiger partial charge in [0.25, 0.3) is 0 Å². The van der Waals surface area contributed by atoms with Gasteiger partial charge in [-0.3, -0.25) is 19.8 Å². The molecule has 0 spiro atoms. The van der Waals surface area contributed by atoms with E-state index >= 15 is 0 Å². The summed E-state index contributed by atoms with van der Waals surface area (Å²) in [5.74, 6) is -3.81. The third kappa shape index (κ3) is 7.01. The van der Waals surface area contributed by atoms with Crippen LogP contribution < -0.4 is 26.0 Å². The first-order chi connectivity index (χ1) is 19.2. The number of alkyl halides is 6. The minimum absolute atomic E-state index is 0.00438. The Morgan fingerprint density at radius 2 is 1.95 bits per heavy atom. The zero-order valence-corrected chi connectivity index (χ0v) is 22.3. The first-order valence-electron chi connectivity index (χ1n) is 13.0. The third-order valence-corrected chi connectivity index (χ3v) is 7.33. The first-order valence-corrected chi connectivity index (χ1v) is 13.0. The Labute approximate surface area is 231 Å². The minimum Gasteiger partial charge on any atom is -0.379 e. The van der Waals surface area contributed by atoms with Crippen LogP contribution in [0.15, 0.2) is 12.3 Å². The van der Waals surface area contributed by atoms with Crippen LogP contribution in [0, 0.1) is 5.92 Å². The molecule has 4 atom stereocenters. The van der Waals surface area contributed by atoms with Gasteiger partial charge >= 0.3 is 12.4 Å². The summed E-state index contributed by atoms with van der Waals surface area (Å²) in [5.41, 5.74) is 3.50. The van der Waals surface area contributed by atoms with Gasteiger partial charge in [0.05, 0.1) is 36.9 Å². The van der Waals surface area contributed by atoms with Gasteiger partial charge in [-0.25, -0.2) is 10.4 Å². The molecule has 228 valence electrons. The molecule has 3 unspecified atom stereocenters. The molecule has 2 saturated heterocycles. The molecule has 0 aromatic carbocycles. The van der Waals surface area contributed by atoms with Crippen molar-refractivity contribution in [1.29, 1.82) is 0 Å². The number of carbonyl (C=O) groups is 3. The summed E-state index contributed by atoms with van der Waals surface area (Å²) >= 11 is 0. The summed E-state index contributed by atoms with van der Waals surface area (Å²) in [5, 5.41) is 2.75. The molecule has 0 aliphatic carbocycles. The highest BCUT2D eigenvalue weighted by atomic mass is 19.4. The van der Waals surface area contributed by atoms with Crippen molar-refractivity contribution >= 4 is 29.2 Å². The van der Waals surface area contributed by atoms with E-state index in [9.17, 15) is 40.7 Å². The molecular weight excluding hydrogens is 564 g/mol. The number of piperazine rings is 1. The van der Waals surface area contributed by atoms with Crippen LogP contribution in [0.2, 0.25) is 0 Å². The van der Waals surface area contributed by atoms with Crippen molar-refractivity contribution < 1.29 is 45.5 Å². The fourth-order valence-electron chi connectivity index (χ4n) is 5.23. The number of hydrazine groups is 1. The van der Waals surface area contributed by atoms with Crippen LogP contribution in [0.5, 0.6) is 0 Å². The van der Waals surface area contributed by atoms with Crippen LogP contribution >= 0.6 is 0 Å². The fourth-order valence-corrected chi connectivity index (χ4v) is 5.23. The lowest BCUT2D eigenvalue weighted by molar-refractivity contribution is -0.193. The second-order valence-corrected chi connectivity index (χ2v) is 10.3. The summed E-state index contributed by atoms with van der Waals surface area (Å²) in [7, 11) is 1.39. The number of ether oxygens (including phenoxy) is 1. The van der Waals surface area contributed by atoms with Crippen LogP contribution in [0.3, 0.4) is 0 Å². The quantitative estimate of drug-likeness (QED) is 0.317. The number of hydrogen-bond donors (Lipinski definition) is 3. The van der Waals surface area contributed by atoms with E-state index < -0.39 is 53.8 Å². The third-order valence-electron chi connectivity index (χ3n) is 7.33. The summed E-state index contributed by atoms with van der Waals surface area (Å²) in [6.07, 6.45) is -8.65. The van der Waals surface area contributed by atoms with Gasteiger partial charge in [0.2, 0.25) is 17.7 Å². The van der Waals surface area contributed by atoms with E-state index in [2.05, 4.69) is 15.7 Å². The second-order valence-electron chi connectivity index (χ2n) is 10.3. The van der Waals surface area contributed by atoms with Gasteiger partial charge in [-0.2, -0.15) is 26.3 Å². The molecule has 1 aromatic heterocycles. The van der Waals surface area contributed by atoms with Gasteiger partial charge in [-0.15, -0.1) is 0 Å². The van der Waals surface area contributed by atoms with Gasteiger partial charge in [0.15, 0.2) is 11.7 Å². The standard InChI is InChI=1S/C24H31F6N7O4/c1-13(33-16-10-32-34-22(40)20(16)24(28,29)30)12-41-6-3-18(38)36-4-5-37-15(11-36)8-19(39)35(2)17-7-14(23(25,26)27)9-31-21(17)37/h7,9,13,15-16,20,32-33H,3-6,8,10-12H2,1-2H3,(H,34,40)/t13-,15?,16?,20?/m0/s1. The minimum atomic E-state index is -4.72. The smallest absolute Gasteiger partial charge is 0.379 e. The van der Waals surface area contributed by atoms with E-state index in [1.807, 2.05) is 5.43 Å². The van der Waals surface area contributed by atoms with E-state index in [1.165, 1.54) is 7.05 Å². The number of fused-ring (bicyclic) bond motifs is 3. The number of hydrogen-bond acceptors (Lipinski definition) is 8. The van der Waals surface area contributed by atoms with Crippen LogP contribution in [0.1, 0.15) is 25.3 Å². The number of amides is 3. The summed E-state index contributed by atoms with van der Waals surface area (Å²) < 4.78 is 85.1. The molecule has 11 nitrogen and oxygen atoms in total. The molecule has 17 heteroatoms. The van der Waals surface area contributed by atoms with E-state index in [-0.39, 0.29) is 69.6 Å². The number of pyridine rings is 1. The molecule has 1 aromatic rings. The van der Waals surface area contributed by atoms with Crippen LogP contribution in [-0.2, 0) is 25.3 Å². The first kappa shape index (κ1) is 30.8. The molecule has 3 aliphatic rings. The topological polar surface area (TPSA) is 119 Å². The van der Waals surface area contributed by atoms with E-state index in [1.54, 1.807) is 16.7 Å². The SMILES string of the molecule is C[C@@H](COCCC(=O)N1CCN2c3ncc(C(F)(F)F)cc3N(C)C(=O)CC2C1)NC1CNNC(=O)C1C(F)(F)F. The maximum atomic E-state index is 13.3. The van der Waals surface area contributed by atoms with Crippen molar-refractivity contribution in [2.24, 2.45) is 5.92 Å². The summed E-state index contributed by atoms with van der Waals surface area (Å²) in [4.78, 5) is 45.8. The van der Waals surface area contributed by atoms with E-state index in [0.717, 1.165) is 17.2 Å². The normalized spacial score (nSPS) is 24.4. The van der Waals surface area contributed by atoms with Gasteiger partial charge in [0, 0.05) is 57.9 Å². The van der Waals surface area contributed by atoms with Gasteiger partial charge in [-0.1, -0.05) is 0 Å². The lowest BCUT2D eigenvalue weighted by atomic mass is 9.96. The Morgan fingerprint density at radius 3 is 2.63 bits per heavy atom. The molecule has 0 bridgehead atoms. The average molecular weight is 596 g/mol. The predicted molar refractivity (Wildman–Crippen MR) is 132 cm³/mol. The molecule has 3 aliphatic heterocycles. The summed E-state index contributed by atoms with van der Waals surface area (Å²) in [6.45, 7) is 2.13. The predicted octanol–water partition coefficient (Wildman–Crippen LogP) is 1.05. The number of aromatic nitrogens is 1. The Balaban J connectivity index is 1.28. The fraction of sp³-hybridized carbons (Fsp3) is 0.667. The zero-order valence-electron chi connectivity index (χ0n) is 22.3. The number of halogens is 6. The Kier molecular flexibility index (Phi) is 8.98. The Hall–Kier alpha value is -3.18. The van der Waals surface area contributed by atoms with Gasteiger partial charge < -0.3 is 24.8 Å². The van der Waals surface area contributed by atoms with Crippen LogP contribution in [-0.4, -0.2) is 98.3 Å². The van der Waals surface area contributed by atoms with Gasteiger partial charge in [-0.05, 0) is 13.0 Å². The second kappa shape index (κ2) is 12.0. The number of carbonyl (C=O) groups excluding carboxylic acids is 3. The molecule has 3 amide bonds. The lowest BCUT2D eigenvalue weighted by Crippen LogP contribution is -2.64. The van der Waals surface area contributed by atoms with Crippen molar-refractivity contribution in [3.63, 3.8) is 0 Å². The Morgan fingerprint density at radius 1 is 1.22 bits per heavy atom. The molecular formula is C24H31F6N7O4. The Bertz CT molecular complexity index is 1150. The molecule has 2 fully saturated rings.